The Balaban J connectivity index is 1.48. The topological polar surface area (TPSA) is 81.7 Å². The van der Waals surface area contributed by atoms with E-state index in [1.807, 2.05) is 24.3 Å². The van der Waals surface area contributed by atoms with Crippen LogP contribution in [0.2, 0.25) is 0 Å². The Bertz CT molecular complexity index is 600. The first-order valence-electron chi connectivity index (χ1n) is 8.29. The fourth-order valence-corrected chi connectivity index (χ4v) is 3.53. The molecule has 2 atom stereocenters. The normalized spacial score (nSPS) is 24.8. The third kappa shape index (κ3) is 4.15. The number of aliphatic hydroxyl groups excluding tert-OH is 1. The van der Waals surface area contributed by atoms with Crippen molar-refractivity contribution in [3.63, 3.8) is 0 Å². The van der Waals surface area contributed by atoms with Crippen molar-refractivity contribution in [3.05, 3.63) is 28.7 Å². The standard InChI is InChI=1S/C17H22BrN3O3/c18-12-1-3-13(4-2-12)20-16(23)11-5-7-21(8-6-11)17(24)15-9-14(22)10-19-15/h1-4,11,14-15,19,22H,5-10H2,(H,20,23). The van der Waals surface area contributed by atoms with Crippen LogP contribution in [0.5, 0.6) is 0 Å². The molecule has 130 valence electrons. The molecule has 0 bridgehead atoms. The summed E-state index contributed by atoms with van der Waals surface area (Å²) < 4.78 is 0.970. The number of carbonyl (C=O) groups is 2. The fourth-order valence-electron chi connectivity index (χ4n) is 3.27. The molecule has 1 aromatic carbocycles. The number of nitrogens with one attached hydrogen (secondary N) is 2. The van der Waals surface area contributed by atoms with Crippen molar-refractivity contribution in [1.82, 2.24) is 10.2 Å². The zero-order chi connectivity index (χ0) is 17.1. The largest absolute Gasteiger partial charge is 0.392 e. The predicted molar refractivity (Wildman–Crippen MR) is 94.5 cm³/mol. The summed E-state index contributed by atoms with van der Waals surface area (Å²) in [5.74, 6) is -0.0167. The van der Waals surface area contributed by atoms with Crippen molar-refractivity contribution in [1.29, 1.82) is 0 Å². The lowest BCUT2D eigenvalue weighted by atomic mass is 9.95. The van der Waals surface area contributed by atoms with Gasteiger partial charge in [0.15, 0.2) is 0 Å². The maximum absolute atomic E-state index is 12.4. The quantitative estimate of drug-likeness (QED) is 0.721. The Hall–Kier alpha value is -1.44. The van der Waals surface area contributed by atoms with Crippen LogP contribution in [0.3, 0.4) is 0 Å². The van der Waals surface area contributed by atoms with E-state index in [2.05, 4.69) is 26.6 Å². The van der Waals surface area contributed by atoms with E-state index >= 15 is 0 Å². The van der Waals surface area contributed by atoms with Gasteiger partial charge in [-0.1, -0.05) is 15.9 Å². The molecule has 2 heterocycles. The number of halogens is 1. The van der Waals surface area contributed by atoms with E-state index in [1.54, 1.807) is 4.90 Å². The maximum atomic E-state index is 12.4. The first kappa shape index (κ1) is 17.4. The fraction of sp³-hybridized carbons (Fsp3) is 0.529. The van der Waals surface area contributed by atoms with Crippen LogP contribution >= 0.6 is 15.9 Å². The number of anilines is 1. The molecule has 0 aromatic heterocycles. The number of rotatable bonds is 3. The molecule has 2 amide bonds. The second-order valence-corrected chi connectivity index (χ2v) is 7.36. The van der Waals surface area contributed by atoms with Gasteiger partial charge in [0, 0.05) is 35.7 Å². The monoisotopic (exact) mass is 395 g/mol. The van der Waals surface area contributed by atoms with Gasteiger partial charge < -0.3 is 20.6 Å². The van der Waals surface area contributed by atoms with E-state index in [4.69, 9.17) is 0 Å². The molecule has 24 heavy (non-hydrogen) atoms. The molecule has 0 saturated carbocycles. The highest BCUT2D eigenvalue weighted by molar-refractivity contribution is 9.10. The van der Waals surface area contributed by atoms with Crippen molar-refractivity contribution < 1.29 is 14.7 Å². The van der Waals surface area contributed by atoms with Gasteiger partial charge in [-0.15, -0.1) is 0 Å². The molecular weight excluding hydrogens is 374 g/mol. The van der Waals surface area contributed by atoms with Crippen molar-refractivity contribution >= 4 is 33.4 Å². The van der Waals surface area contributed by atoms with E-state index in [0.29, 0.717) is 38.9 Å². The molecule has 1 aromatic rings. The van der Waals surface area contributed by atoms with Crippen LogP contribution in [0.1, 0.15) is 19.3 Å². The van der Waals surface area contributed by atoms with Crippen molar-refractivity contribution in [2.45, 2.75) is 31.4 Å². The summed E-state index contributed by atoms with van der Waals surface area (Å²) >= 11 is 3.37. The molecule has 2 aliphatic heterocycles. The average molecular weight is 396 g/mol. The third-order valence-corrected chi connectivity index (χ3v) is 5.22. The minimum Gasteiger partial charge on any atom is -0.392 e. The van der Waals surface area contributed by atoms with Crippen molar-refractivity contribution in [3.8, 4) is 0 Å². The number of aliphatic hydroxyl groups is 1. The summed E-state index contributed by atoms with van der Waals surface area (Å²) in [6, 6.07) is 7.21. The number of hydrogen-bond acceptors (Lipinski definition) is 4. The van der Waals surface area contributed by atoms with Gasteiger partial charge in [-0.05, 0) is 43.5 Å². The van der Waals surface area contributed by atoms with Crippen LogP contribution < -0.4 is 10.6 Å². The van der Waals surface area contributed by atoms with Crippen molar-refractivity contribution in [2.24, 2.45) is 5.92 Å². The molecule has 6 nitrogen and oxygen atoms in total. The van der Waals surface area contributed by atoms with Gasteiger partial charge in [0.2, 0.25) is 11.8 Å². The second kappa shape index (κ2) is 7.63. The number of piperidine rings is 1. The van der Waals surface area contributed by atoms with Gasteiger partial charge in [-0.25, -0.2) is 0 Å². The summed E-state index contributed by atoms with van der Waals surface area (Å²) in [5, 5.41) is 15.5. The number of amides is 2. The molecule has 2 saturated heterocycles. The number of β-amino-alcohol motifs (C(OH)–C–C–N with tert-alkyl or cyclic N) is 1. The van der Waals surface area contributed by atoms with Crippen LogP contribution in [-0.2, 0) is 9.59 Å². The van der Waals surface area contributed by atoms with E-state index in [1.165, 1.54) is 0 Å². The number of nitrogens with zero attached hydrogens (tertiary/aromatic N) is 1. The molecule has 2 aliphatic rings. The zero-order valence-electron chi connectivity index (χ0n) is 13.4. The molecule has 0 aliphatic carbocycles. The number of likely N-dealkylation sites (tertiary alicyclic amines) is 1. The maximum Gasteiger partial charge on any atom is 0.239 e. The molecule has 7 heteroatoms. The Morgan fingerprint density at radius 2 is 1.88 bits per heavy atom. The van der Waals surface area contributed by atoms with Gasteiger partial charge in [0.1, 0.15) is 0 Å². The van der Waals surface area contributed by atoms with E-state index in [-0.39, 0.29) is 23.8 Å². The molecule has 3 N–H and O–H groups in total. The van der Waals surface area contributed by atoms with Crippen LogP contribution in [-0.4, -0.2) is 53.6 Å². The summed E-state index contributed by atoms with van der Waals surface area (Å²) in [6.07, 6.45) is 1.38. The second-order valence-electron chi connectivity index (χ2n) is 6.45. The minimum atomic E-state index is -0.437. The highest BCUT2D eigenvalue weighted by Crippen LogP contribution is 2.22. The number of hydrogen-bond donors (Lipinski definition) is 3. The van der Waals surface area contributed by atoms with Crippen LogP contribution in [0.25, 0.3) is 0 Å². The minimum absolute atomic E-state index is 0.0128. The predicted octanol–water partition coefficient (Wildman–Crippen LogP) is 1.35. The van der Waals surface area contributed by atoms with Gasteiger partial charge in [-0.3, -0.25) is 9.59 Å². The Morgan fingerprint density at radius 3 is 2.46 bits per heavy atom. The summed E-state index contributed by atoms with van der Waals surface area (Å²) in [7, 11) is 0. The Labute approximate surface area is 149 Å². The lowest BCUT2D eigenvalue weighted by Gasteiger charge is -2.33. The molecule has 2 unspecified atom stereocenters. The van der Waals surface area contributed by atoms with Crippen molar-refractivity contribution in [2.75, 3.05) is 25.0 Å². The lowest BCUT2D eigenvalue weighted by molar-refractivity contribution is -0.136. The van der Waals surface area contributed by atoms with E-state index in [0.717, 1.165) is 10.2 Å². The molecule has 0 radical (unpaired) electrons. The molecule has 2 fully saturated rings. The van der Waals surface area contributed by atoms with E-state index < -0.39 is 6.10 Å². The lowest BCUT2D eigenvalue weighted by Crippen LogP contribution is -2.48. The molecule has 3 rings (SSSR count). The van der Waals surface area contributed by atoms with E-state index in [9.17, 15) is 14.7 Å². The van der Waals surface area contributed by atoms with Gasteiger partial charge in [0.05, 0.1) is 12.1 Å². The zero-order valence-corrected chi connectivity index (χ0v) is 15.0. The highest BCUT2D eigenvalue weighted by atomic mass is 79.9. The van der Waals surface area contributed by atoms with Crippen LogP contribution in [0, 0.1) is 5.92 Å². The summed E-state index contributed by atoms with van der Waals surface area (Å²) in [6.45, 7) is 1.65. The third-order valence-electron chi connectivity index (χ3n) is 4.69. The summed E-state index contributed by atoms with van der Waals surface area (Å²) in [4.78, 5) is 26.6. The number of benzene rings is 1. The highest BCUT2D eigenvalue weighted by Gasteiger charge is 2.34. The Morgan fingerprint density at radius 1 is 1.21 bits per heavy atom. The molecule has 0 spiro atoms. The van der Waals surface area contributed by atoms with Gasteiger partial charge >= 0.3 is 0 Å². The molecular formula is C17H22BrN3O3. The van der Waals surface area contributed by atoms with Gasteiger partial charge in [-0.2, -0.15) is 0 Å². The first-order valence-corrected chi connectivity index (χ1v) is 9.09. The van der Waals surface area contributed by atoms with Crippen LogP contribution in [0.4, 0.5) is 5.69 Å². The first-order chi connectivity index (χ1) is 11.5. The average Bonchev–Trinajstić information content (AvgIpc) is 3.03. The van der Waals surface area contributed by atoms with Crippen LogP contribution in [0.15, 0.2) is 28.7 Å². The number of carbonyl (C=O) groups excluding carboxylic acids is 2. The van der Waals surface area contributed by atoms with Gasteiger partial charge in [0.25, 0.3) is 0 Å². The smallest absolute Gasteiger partial charge is 0.239 e. The SMILES string of the molecule is O=C(Nc1ccc(Br)cc1)C1CCN(C(=O)C2CC(O)CN2)CC1. The Kier molecular flexibility index (Phi) is 5.53. The summed E-state index contributed by atoms with van der Waals surface area (Å²) in [5.41, 5.74) is 0.783.